The molecule has 4 N–H and O–H groups in total. The van der Waals surface area contributed by atoms with Crippen molar-refractivity contribution in [3.8, 4) is 0 Å². The SMILES string of the molecule is NC(=O)c1ccc(NCC2(CC(=O)O)CCCCC2)nc1. The number of carbonyl (C=O) groups excluding carboxylic acids is 1. The highest BCUT2D eigenvalue weighted by molar-refractivity contribution is 5.92. The van der Waals surface area contributed by atoms with Crippen LogP contribution in [0.1, 0.15) is 48.9 Å². The molecule has 0 bridgehead atoms. The van der Waals surface area contributed by atoms with Crippen LogP contribution in [0.3, 0.4) is 0 Å². The lowest BCUT2D eigenvalue weighted by Gasteiger charge is -2.36. The van der Waals surface area contributed by atoms with E-state index >= 15 is 0 Å². The number of hydrogen-bond donors (Lipinski definition) is 3. The molecular weight excluding hydrogens is 270 g/mol. The molecule has 1 amide bonds. The zero-order valence-electron chi connectivity index (χ0n) is 12.0. The first-order valence-corrected chi connectivity index (χ1v) is 7.22. The van der Waals surface area contributed by atoms with Gasteiger partial charge >= 0.3 is 5.97 Å². The Morgan fingerprint density at radius 1 is 1.29 bits per heavy atom. The van der Waals surface area contributed by atoms with Gasteiger partial charge in [-0.05, 0) is 30.4 Å². The maximum absolute atomic E-state index is 11.1. The third-order valence-electron chi connectivity index (χ3n) is 4.13. The molecule has 1 saturated carbocycles. The number of carboxylic acid groups (broad SMARTS) is 1. The van der Waals surface area contributed by atoms with E-state index in [4.69, 9.17) is 10.8 Å². The van der Waals surface area contributed by atoms with E-state index in [1.54, 1.807) is 12.1 Å². The van der Waals surface area contributed by atoms with E-state index in [0.717, 1.165) is 25.7 Å². The number of carbonyl (C=O) groups is 2. The van der Waals surface area contributed by atoms with Crippen molar-refractivity contribution in [3.05, 3.63) is 23.9 Å². The average Bonchev–Trinajstić information content (AvgIpc) is 2.46. The summed E-state index contributed by atoms with van der Waals surface area (Å²) in [4.78, 5) is 26.2. The minimum atomic E-state index is -0.754. The van der Waals surface area contributed by atoms with E-state index in [0.29, 0.717) is 17.9 Å². The number of nitrogens with one attached hydrogen (secondary N) is 1. The first-order chi connectivity index (χ1) is 10.0. The Labute approximate surface area is 123 Å². The molecule has 0 saturated heterocycles. The maximum Gasteiger partial charge on any atom is 0.303 e. The van der Waals surface area contributed by atoms with Crippen molar-refractivity contribution in [2.24, 2.45) is 11.1 Å². The fourth-order valence-electron chi connectivity index (χ4n) is 2.96. The van der Waals surface area contributed by atoms with Crippen LogP contribution >= 0.6 is 0 Å². The van der Waals surface area contributed by atoms with Crippen molar-refractivity contribution in [3.63, 3.8) is 0 Å². The molecule has 0 atom stereocenters. The molecule has 114 valence electrons. The van der Waals surface area contributed by atoms with Gasteiger partial charge in [0.15, 0.2) is 0 Å². The predicted octanol–water partition coefficient (Wildman–Crippen LogP) is 2.02. The van der Waals surface area contributed by atoms with Gasteiger partial charge in [0.25, 0.3) is 0 Å². The number of rotatable bonds is 6. The van der Waals surface area contributed by atoms with Crippen LogP contribution in [0.4, 0.5) is 5.82 Å². The summed E-state index contributed by atoms with van der Waals surface area (Å²) in [5.74, 6) is -0.630. The Balaban J connectivity index is 2.00. The second-order valence-corrected chi connectivity index (χ2v) is 5.78. The molecule has 6 nitrogen and oxygen atoms in total. The van der Waals surface area contributed by atoms with Crippen molar-refractivity contribution >= 4 is 17.7 Å². The van der Waals surface area contributed by atoms with Crippen molar-refractivity contribution < 1.29 is 14.7 Å². The highest BCUT2D eigenvalue weighted by atomic mass is 16.4. The van der Waals surface area contributed by atoms with E-state index in [9.17, 15) is 9.59 Å². The van der Waals surface area contributed by atoms with Gasteiger partial charge in [0.05, 0.1) is 12.0 Å². The summed E-state index contributed by atoms with van der Waals surface area (Å²) in [7, 11) is 0. The summed E-state index contributed by atoms with van der Waals surface area (Å²) in [6.07, 6.45) is 6.77. The average molecular weight is 291 g/mol. The first kappa shape index (κ1) is 15.3. The maximum atomic E-state index is 11.1. The zero-order chi connectivity index (χ0) is 15.3. The molecule has 0 aliphatic heterocycles. The molecular formula is C15H21N3O3. The molecule has 1 heterocycles. The lowest BCUT2D eigenvalue weighted by Crippen LogP contribution is -2.34. The van der Waals surface area contributed by atoms with E-state index in [-0.39, 0.29) is 11.8 Å². The molecule has 0 spiro atoms. The third-order valence-corrected chi connectivity index (χ3v) is 4.13. The summed E-state index contributed by atoms with van der Waals surface area (Å²) < 4.78 is 0. The Morgan fingerprint density at radius 3 is 2.52 bits per heavy atom. The third kappa shape index (κ3) is 4.18. The molecule has 0 radical (unpaired) electrons. The number of aromatic nitrogens is 1. The molecule has 0 unspecified atom stereocenters. The van der Waals surface area contributed by atoms with E-state index < -0.39 is 11.9 Å². The zero-order valence-corrected chi connectivity index (χ0v) is 12.0. The van der Waals surface area contributed by atoms with Crippen LogP contribution in [0.15, 0.2) is 18.3 Å². The fourth-order valence-corrected chi connectivity index (χ4v) is 2.96. The molecule has 21 heavy (non-hydrogen) atoms. The normalized spacial score (nSPS) is 17.1. The molecule has 1 aliphatic rings. The Morgan fingerprint density at radius 2 is 2.00 bits per heavy atom. The quantitative estimate of drug-likeness (QED) is 0.743. The van der Waals surface area contributed by atoms with Crippen LogP contribution in [0.25, 0.3) is 0 Å². The van der Waals surface area contributed by atoms with Gasteiger partial charge in [0.2, 0.25) is 5.91 Å². The first-order valence-electron chi connectivity index (χ1n) is 7.22. The lowest BCUT2D eigenvalue weighted by atomic mass is 9.71. The van der Waals surface area contributed by atoms with Crippen LogP contribution in [0.2, 0.25) is 0 Å². The molecule has 1 aliphatic carbocycles. The van der Waals surface area contributed by atoms with Gasteiger partial charge in [-0.1, -0.05) is 19.3 Å². The van der Waals surface area contributed by atoms with Gasteiger partial charge in [-0.2, -0.15) is 0 Å². The number of nitrogens with zero attached hydrogens (tertiary/aromatic N) is 1. The van der Waals surface area contributed by atoms with Crippen molar-refractivity contribution in [2.75, 3.05) is 11.9 Å². The number of carboxylic acids is 1. The van der Waals surface area contributed by atoms with Gasteiger partial charge in [0, 0.05) is 12.7 Å². The van der Waals surface area contributed by atoms with Crippen LogP contribution in [-0.4, -0.2) is 28.5 Å². The van der Waals surface area contributed by atoms with E-state index in [1.165, 1.54) is 12.6 Å². The van der Waals surface area contributed by atoms with E-state index in [1.807, 2.05) is 0 Å². The van der Waals surface area contributed by atoms with Crippen molar-refractivity contribution in [1.82, 2.24) is 4.98 Å². The Hall–Kier alpha value is -2.11. The molecule has 2 rings (SSSR count). The van der Waals surface area contributed by atoms with E-state index in [2.05, 4.69) is 10.3 Å². The second kappa shape index (κ2) is 6.56. The largest absolute Gasteiger partial charge is 0.481 e. The summed E-state index contributed by atoms with van der Waals surface area (Å²) in [6.45, 7) is 0.586. The topological polar surface area (TPSA) is 105 Å². The summed E-state index contributed by atoms with van der Waals surface area (Å²) in [6, 6.07) is 3.31. The van der Waals surface area contributed by atoms with Gasteiger partial charge < -0.3 is 16.2 Å². The number of nitrogens with two attached hydrogens (primary N) is 1. The number of aliphatic carboxylic acids is 1. The van der Waals surface area contributed by atoms with Gasteiger partial charge in [0.1, 0.15) is 5.82 Å². The molecule has 6 heteroatoms. The molecule has 1 fully saturated rings. The highest BCUT2D eigenvalue weighted by Gasteiger charge is 2.34. The number of anilines is 1. The summed E-state index contributed by atoms with van der Waals surface area (Å²) in [5, 5.41) is 12.3. The number of amides is 1. The monoisotopic (exact) mass is 291 g/mol. The van der Waals surface area contributed by atoms with Crippen LogP contribution in [-0.2, 0) is 4.79 Å². The van der Waals surface area contributed by atoms with Crippen LogP contribution in [0, 0.1) is 5.41 Å². The standard InChI is InChI=1S/C15H21N3O3/c16-14(21)11-4-5-12(17-9-11)18-10-15(8-13(19)20)6-2-1-3-7-15/h4-5,9H,1-3,6-8,10H2,(H2,16,21)(H,17,18)(H,19,20). The van der Waals surface area contributed by atoms with Gasteiger partial charge in [-0.25, -0.2) is 4.98 Å². The van der Waals surface area contributed by atoms with Crippen LogP contribution < -0.4 is 11.1 Å². The smallest absolute Gasteiger partial charge is 0.303 e. The van der Waals surface area contributed by atoms with Gasteiger partial charge in [-0.15, -0.1) is 0 Å². The highest BCUT2D eigenvalue weighted by Crippen LogP contribution is 2.39. The van der Waals surface area contributed by atoms with Crippen molar-refractivity contribution in [1.29, 1.82) is 0 Å². The predicted molar refractivity (Wildman–Crippen MR) is 79.0 cm³/mol. The number of primary amides is 1. The summed E-state index contributed by atoms with van der Waals surface area (Å²) in [5.41, 5.74) is 5.33. The molecule has 0 aromatic carbocycles. The Kier molecular flexibility index (Phi) is 4.77. The van der Waals surface area contributed by atoms with Crippen molar-refractivity contribution in [2.45, 2.75) is 38.5 Å². The van der Waals surface area contributed by atoms with Gasteiger partial charge in [-0.3, -0.25) is 9.59 Å². The lowest BCUT2D eigenvalue weighted by molar-refractivity contribution is -0.140. The number of pyridine rings is 1. The molecule has 1 aromatic rings. The van der Waals surface area contributed by atoms with Crippen LogP contribution in [0.5, 0.6) is 0 Å². The molecule has 1 aromatic heterocycles. The number of hydrogen-bond acceptors (Lipinski definition) is 4. The summed E-state index contributed by atoms with van der Waals surface area (Å²) >= 11 is 0. The minimum absolute atomic E-state index is 0.180. The Bertz CT molecular complexity index is 507. The second-order valence-electron chi connectivity index (χ2n) is 5.78. The minimum Gasteiger partial charge on any atom is -0.481 e. The fraction of sp³-hybridized carbons (Fsp3) is 0.533.